The monoisotopic (exact) mass is 273 g/mol. The van der Waals surface area contributed by atoms with Crippen LogP contribution in [0, 0.1) is 17.0 Å². The molecule has 0 radical (unpaired) electrons. The Morgan fingerprint density at radius 3 is 2.60 bits per heavy atom. The maximum absolute atomic E-state index is 10.9. The summed E-state index contributed by atoms with van der Waals surface area (Å²) in [5.41, 5.74) is 0.431. The lowest BCUT2D eigenvalue weighted by molar-refractivity contribution is -0.385. The number of ether oxygens (including phenoxy) is 1. The molecule has 0 aliphatic carbocycles. The quantitative estimate of drug-likeness (QED) is 0.681. The average molecular weight is 273 g/mol. The summed E-state index contributed by atoms with van der Waals surface area (Å²) < 4.78 is 5.52. The second-order valence-corrected chi connectivity index (χ2v) is 4.09. The molecule has 0 aliphatic heterocycles. The fourth-order valence-electron chi connectivity index (χ4n) is 1.73. The van der Waals surface area contributed by atoms with E-state index in [0.717, 1.165) is 0 Å². The zero-order valence-electron chi connectivity index (χ0n) is 10.6. The predicted molar refractivity (Wildman–Crippen MR) is 71.3 cm³/mol. The fraction of sp³-hybridized carbons (Fsp3) is 0.0714. The van der Waals surface area contributed by atoms with Crippen LogP contribution in [0.2, 0.25) is 0 Å². The molecule has 0 spiro atoms. The summed E-state index contributed by atoms with van der Waals surface area (Å²) in [6, 6.07) is 10.4. The van der Waals surface area contributed by atoms with Gasteiger partial charge in [0.05, 0.1) is 16.1 Å². The lowest BCUT2D eigenvalue weighted by Gasteiger charge is -2.09. The number of nitro groups is 1. The van der Waals surface area contributed by atoms with Crippen molar-refractivity contribution in [1.82, 2.24) is 0 Å². The van der Waals surface area contributed by atoms with Crippen molar-refractivity contribution in [3.8, 4) is 11.5 Å². The SMILES string of the molecule is Cc1c(Oc2cccc(C(=O)O)c2)cccc1[N+](=O)[O-]. The highest BCUT2D eigenvalue weighted by molar-refractivity contribution is 5.88. The van der Waals surface area contributed by atoms with Gasteiger partial charge in [-0.3, -0.25) is 10.1 Å². The molecular weight excluding hydrogens is 262 g/mol. The predicted octanol–water partition coefficient (Wildman–Crippen LogP) is 3.39. The van der Waals surface area contributed by atoms with Crippen molar-refractivity contribution in [3.05, 3.63) is 63.7 Å². The Morgan fingerprint density at radius 1 is 1.25 bits per heavy atom. The van der Waals surface area contributed by atoms with E-state index in [-0.39, 0.29) is 11.3 Å². The number of carbonyl (C=O) groups is 1. The third kappa shape index (κ3) is 2.74. The Morgan fingerprint density at radius 2 is 1.95 bits per heavy atom. The van der Waals surface area contributed by atoms with Crippen molar-refractivity contribution in [1.29, 1.82) is 0 Å². The van der Waals surface area contributed by atoms with Crippen LogP contribution in [0.4, 0.5) is 5.69 Å². The lowest BCUT2D eigenvalue weighted by atomic mass is 10.2. The van der Waals surface area contributed by atoms with Crippen LogP contribution in [0.1, 0.15) is 15.9 Å². The van der Waals surface area contributed by atoms with E-state index in [1.54, 1.807) is 25.1 Å². The van der Waals surface area contributed by atoms with Gasteiger partial charge in [0.15, 0.2) is 0 Å². The molecule has 2 aromatic rings. The first-order valence-corrected chi connectivity index (χ1v) is 5.74. The van der Waals surface area contributed by atoms with Gasteiger partial charge in [0.2, 0.25) is 0 Å². The molecule has 0 fully saturated rings. The number of carboxylic acids is 1. The number of hydrogen-bond acceptors (Lipinski definition) is 4. The van der Waals surface area contributed by atoms with Gasteiger partial charge in [-0.25, -0.2) is 4.79 Å². The average Bonchev–Trinajstić information content (AvgIpc) is 2.41. The number of benzene rings is 2. The Hall–Kier alpha value is -2.89. The minimum absolute atomic E-state index is 0.0445. The summed E-state index contributed by atoms with van der Waals surface area (Å²) in [5, 5.41) is 19.7. The largest absolute Gasteiger partial charge is 0.478 e. The highest BCUT2D eigenvalue weighted by atomic mass is 16.6. The molecule has 102 valence electrons. The highest BCUT2D eigenvalue weighted by Gasteiger charge is 2.15. The summed E-state index contributed by atoms with van der Waals surface area (Å²) >= 11 is 0. The molecule has 0 aliphatic rings. The summed E-state index contributed by atoms with van der Waals surface area (Å²) in [5.74, 6) is -0.429. The Labute approximate surface area is 114 Å². The Bertz CT molecular complexity index is 681. The van der Waals surface area contributed by atoms with E-state index in [2.05, 4.69) is 0 Å². The topological polar surface area (TPSA) is 89.7 Å². The van der Waals surface area contributed by atoms with E-state index in [0.29, 0.717) is 17.1 Å². The van der Waals surface area contributed by atoms with Crippen LogP contribution < -0.4 is 4.74 Å². The van der Waals surface area contributed by atoms with Crippen molar-refractivity contribution in [2.24, 2.45) is 0 Å². The fourth-order valence-corrected chi connectivity index (χ4v) is 1.73. The summed E-state index contributed by atoms with van der Waals surface area (Å²) in [7, 11) is 0. The molecular formula is C14H11NO5. The first kappa shape index (κ1) is 13.5. The molecule has 0 heterocycles. The molecule has 2 rings (SSSR count). The van der Waals surface area contributed by atoms with E-state index >= 15 is 0 Å². The molecule has 6 nitrogen and oxygen atoms in total. The molecule has 20 heavy (non-hydrogen) atoms. The van der Waals surface area contributed by atoms with Gasteiger partial charge < -0.3 is 9.84 Å². The molecule has 0 bridgehead atoms. The maximum atomic E-state index is 10.9. The normalized spacial score (nSPS) is 10.1. The van der Waals surface area contributed by atoms with Crippen molar-refractivity contribution in [2.75, 3.05) is 0 Å². The van der Waals surface area contributed by atoms with Gasteiger partial charge in [-0.1, -0.05) is 12.1 Å². The van der Waals surface area contributed by atoms with Gasteiger partial charge >= 0.3 is 5.97 Å². The number of carboxylic acid groups (broad SMARTS) is 1. The van der Waals surface area contributed by atoms with Gasteiger partial charge in [0.1, 0.15) is 11.5 Å². The first-order valence-electron chi connectivity index (χ1n) is 5.74. The van der Waals surface area contributed by atoms with Crippen LogP contribution in [0.3, 0.4) is 0 Å². The molecule has 6 heteroatoms. The standard InChI is InChI=1S/C14H11NO5/c1-9-12(15(18)19)6-3-7-13(9)20-11-5-2-4-10(8-11)14(16)17/h2-8H,1H3,(H,16,17). The van der Waals surface area contributed by atoms with Crippen LogP contribution in [0.5, 0.6) is 11.5 Å². The summed E-state index contributed by atoms with van der Waals surface area (Å²) in [4.78, 5) is 21.2. The van der Waals surface area contributed by atoms with E-state index in [9.17, 15) is 14.9 Å². The molecule has 0 amide bonds. The minimum Gasteiger partial charge on any atom is -0.478 e. The molecule has 1 N–H and O–H groups in total. The summed E-state index contributed by atoms with van der Waals surface area (Å²) in [6.45, 7) is 1.58. The maximum Gasteiger partial charge on any atom is 0.335 e. The Kier molecular flexibility index (Phi) is 3.65. The molecule has 0 unspecified atom stereocenters. The lowest BCUT2D eigenvalue weighted by Crippen LogP contribution is -1.97. The zero-order valence-corrected chi connectivity index (χ0v) is 10.6. The van der Waals surface area contributed by atoms with Crippen LogP contribution in [0.25, 0.3) is 0 Å². The van der Waals surface area contributed by atoms with Crippen molar-refractivity contribution < 1.29 is 19.6 Å². The van der Waals surface area contributed by atoms with Crippen LogP contribution >= 0.6 is 0 Å². The number of nitro benzene ring substituents is 1. The van der Waals surface area contributed by atoms with Gasteiger partial charge in [-0.05, 0) is 31.2 Å². The van der Waals surface area contributed by atoms with Gasteiger partial charge in [0, 0.05) is 6.07 Å². The smallest absolute Gasteiger partial charge is 0.335 e. The number of aromatic carboxylic acids is 1. The highest BCUT2D eigenvalue weighted by Crippen LogP contribution is 2.31. The second kappa shape index (κ2) is 5.40. The number of hydrogen-bond donors (Lipinski definition) is 1. The molecule has 0 saturated heterocycles. The van der Waals surface area contributed by atoms with E-state index < -0.39 is 10.9 Å². The minimum atomic E-state index is -1.06. The molecule has 0 aromatic heterocycles. The van der Waals surface area contributed by atoms with E-state index in [4.69, 9.17) is 9.84 Å². The zero-order chi connectivity index (χ0) is 14.7. The summed E-state index contributed by atoms with van der Waals surface area (Å²) in [6.07, 6.45) is 0. The molecule has 2 aromatic carbocycles. The third-order valence-corrected chi connectivity index (χ3v) is 2.76. The van der Waals surface area contributed by atoms with Crippen molar-refractivity contribution in [2.45, 2.75) is 6.92 Å². The number of rotatable bonds is 4. The van der Waals surface area contributed by atoms with Crippen LogP contribution in [-0.2, 0) is 0 Å². The third-order valence-electron chi connectivity index (χ3n) is 2.76. The first-order chi connectivity index (χ1) is 9.49. The number of nitrogens with zero attached hydrogens (tertiary/aromatic N) is 1. The van der Waals surface area contributed by atoms with Crippen LogP contribution in [-0.4, -0.2) is 16.0 Å². The molecule has 0 atom stereocenters. The van der Waals surface area contributed by atoms with Crippen molar-refractivity contribution >= 4 is 11.7 Å². The second-order valence-electron chi connectivity index (χ2n) is 4.09. The van der Waals surface area contributed by atoms with Gasteiger partial charge in [-0.2, -0.15) is 0 Å². The van der Waals surface area contributed by atoms with Crippen molar-refractivity contribution in [3.63, 3.8) is 0 Å². The van der Waals surface area contributed by atoms with E-state index in [1.165, 1.54) is 24.3 Å². The van der Waals surface area contributed by atoms with E-state index in [1.807, 2.05) is 0 Å². The Balaban J connectivity index is 2.35. The van der Waals surface area contributed by atoms with Crippen LogP contribution in [0.15, 0.2) is 42.5 Å². The van der Waals surface area contributed by atoms with Gasteiger partial charge in [-0.15, -0.1) is 0 Å². The van der Waals surface area contributed by atoms with Gasteiger partial charge in [0.25, 0.3) is 5.69 Å². The molecule has 0 saturated carbocycles.